The Kier molecular flexibility index (Phi) is 5.61. The van der Waals surface area contributed by atoms with Gasteiger partial charge in [-0.1, -0.05) is 59.1 Å². The molecular weight excluding hydrogens is 280 g/mol. The summed E-state index contributed by atoms with van der Waals surface area (Å²) in [5, 5.41) is 0. The third-order valence-electron chi connectivity index (χ3n) is 4.68. The van der Waals surface area contributed by atoms with E-state index in [0.717, 1.165) is 24.0 Å². The van der Waals surface area contributed by atoms with E-state index in [2.05, 4.69) is 39.8 Å². The van der Waals surface area contributed by atoms with E-state index in [-0.39, 0.29) is 5.92 Å². The van der Waals surface area contributed by atoms with Crippen molar-refractivity contribution >= 4 is 11.1 Å². The van der Waals surface area contributed by atoms with Gasteiger partial charge in [0.2, 0.25) is 0 Å². The SMILES string of the molecule is CC(C)c1cc(C(C)C)c(S(=O)O)c(C2CCCCC2)c1. The van der Waals surface area contributed by atoms with Crippen LogP contribution in [0.4, 0.5) is 0 Å². The standard InChI is InChI=1S/C18H28O2S/c1-12(2)15-10-16(13(3)4)18(21(19)20)17(11-15)14-8-6-5-7-9-14/h10-14H,5-9H2,1-4H3,(H,19,20). The van der Waals surface area contributed by atoms with Crippen LogP contribution in [0.1, 0.15) is 94.2 Å². The van der Waals surface area contributed by atoms with Crippen molar-refractivity contribution in [1.29, 1.82) is 0 Å². The maximum absolute atomic E-state index is 12.0. The van der Waals surface area contributed by atoms with Gasteiger partial charge in [0, 0.05) is 0 Å². The van der Waals surface area contributed by atoms with Crippen molar-refractivity contribution < 1.29 is 8.76 Å². The van der Waals surface area contributed by atoms with Gasteiger partial charge in [0.05, 0.1) is 4.90 Å². The molecule has 1 aromatic carbocycles. The Balaban J connectivity index is 2.60. The maximum Gasteiger partial charge on any atom is 0.187 e. The van der Waals surface area contributed by atoms with Gasteiger partial charge < -0.3 is 4.55 Å². The van der Waals surface area contributed by atoms with Gasteiger partial charge in [-0.25, -0.2) is 4.21 Å². The van der Waals surface area contributed by atoms with Crippen molar-refractivity contribution in [3.05, 3.63) is 28.8 Å². The molecule has 0 spiro atoms. The average molecular weight is 308 g/mol. The third-order valence-corrected chi connectivity index (χ3v) is 5.50. The summed E-state index contributed by atoms with van der Waals surface area (Å²) >= 11 is -1.90. The molecule has 0 heterocycles. The van der Waals surface area contributed by atoms with Crippen molar-refractivity contribution in [2.75, 3.05) is 0 Å². The lowest BCUT2D eigenvalue weighted by atomic mass is 9.81. The second kappa shape index (κ2) is 7.06. The van der Waals surface area contributed by atoms with E-state index in [1.807, 2.05) is 0 Å². The second-order valence-corrected chi connectivity index (χ2v) is 7.83. The second-order valence-electron chi connectivity index (χ2n) is 6.92. The molecule has 2 nitrogen and oxygen atoms in total. The van der Waals surface area contributed by atoms with Gasteiger partial charge >= 0.3 is 0 Å². The Bertz CT molecular complexity index is 514. The van der Waals surface area contributed by atoms with Crippen LogP contribution < -0.4 is 0 Å². The van der Waals surface area contributed by atoms with Crippen LogP contribution in [0.15, 0.2) is 17.0 Å². The molecule has 118 valence electrons. The molecule has 0 radical (unpaired) electrons. The highest BCUT2D eigenvalue weighted by molar-refractivity contribution is 7.79. The Morgan fingerprint density at radius 2 is 1.67 bits per heavy atom. The minimum atomic E-state index is -1.90. The van der Waals surface area contributed by atoms with E-state index >= 15 is 0 Å². The summed E-state index contributed by atoms with van der Waals surface area (Å²) in [6, 6.07) is 4.35. The smallest absolute Gasteiger partial charge is 0.187 e. The molecule has 0 aliphatic heterocycles. The van der Waals surface area contributed by atoms with Gasteiger partial charge in [-0.15, -0.1) is 0 Å². The zero-order valence-corrected chi connectivity index (χ0v) is 14.5. The lowest BCUT2D eigenvalue weighted by Gasteiger charge is -2.27. The van der Waals surface area contributed by atoms with Crippen LogP contribution in [0.25, 0.3) is 0 Å². The van der Waals surface area contributed by atoms with Crippen LogP contribution >= 0.6 is 0 Å². The molecule has 1 aliphatic rings. The lowest BCUT2D eigenvalue weighted by molar-refractivity contribution is 0.436. The number of benzene rings is 1. The third kappa shape index (κ3) is 3.75. The molecule has 0 aromatic heterocycles. The topological polar surface area (TPSA) is 37.3 Å². The molecule has 1 aromatic rings. The van der Waals surface area contributed by atoms with E-state index in [1.54, 1.807) is 0 Å². The Hall–Kier alpha value is -0.670. The van der Waals surface area contributed by atoms with Gasteiger partial charge in [-0.2, -0.15) is 0 Å². The van der Waals surface area contributed by atoms with Gasteiger partial charge in [-0.3, -0.25) is 0 Å². The van der Waals surface area contributed by atoms with E-state index in [4.69, 9.17) is 0 Å². The minimum Gasteiger partial charge on any atom is -0.302 e. The van der Waals surface area contributed by atoms with Gasteiger partial charge in [0.15, 0.2) is 11.1 Å². The van der Waals surface area contributed by atoms with Crippen molar-refractivity contribution in [2.45, 2.75) is 82.4 Å². The normalized spacial score (nSPS) is 18.4. The summed E-state index contributed by atoms with van der Waals surface area (Å²) in [7, 11) is 0. The summed E-state index contributed by atoms with van der Waals surface area (Å²) in [5.41, 5.74) is 3.50. The van der Waals surface area contributed by atoms with E-state index in [0.29, 0.717) is 16.7 Å². The van der Waals surface area contributed by atoms with Crippen LogP contribution in [-0.2, 0) is 11.1 Å². The highest BCUT2D eigenvalue weighted by atomic mass is 32.2. The van der Waals surface area contributed by atoms with E-state index in [9.17, 15) is 8.76 Å². The zero-order chi connectivity index (χ0) is 15.6. The Labute approximate surface area is 131 Å². The van der Waals surface area contributed by atoms with Crippen molar-refractivity contribution in [1.82, 2.24) is 0 Å². The first kappa shape index (κ1) is 16.7. The molecule has 1 fully saturated rings. The quantitative estimate of drug-likeness (QED) is 0.739. The molecule has 1 N–H and O–H groups in total. The highest BCUT2D eigenvalue weighted by Crippen LogP contribution is 2.39. The summed E-state index contributed by atoms with van der Waals surface area (Å²) in [6.45, 7) is 8.61. The summed E-state index contributed by atoms with van der Waals surface area (Å²) in [6.07, 6.45) is 6.09. The monoisotopic (exact) mass is 308 g/mol. The number of hydrogen-bond acceptors (Lipinski definition) is 1. The molecule has 2 rings (SSSR count). The van der Waals surface area contributed by atoms with Gasteiger partial charge in [-0.05, 0) is 47.3 Å². The first-order chi connectivity index (χ1) is 9.91. The zero-order valence-electron chi connectivity index (χ0n) is 13.7. The predicted molar refractivity (Wildman–Crippen MR) is 89.5 cm³/mol. The van der Waals surface area contributed by atoms with Crippen LogP contribution in [0.2, 0.25) is 0 Å². The van der Waals surface area contributed by atoms with Crippen LogP contribution in [-0.4, -0.2) is 8.76 Å². The first-order valence-corrected chi connectivity index (χ1v) is 9.31. The van der Waals surface area contributed by atoms with Crippen molar-refractivity contribution in [3.8, 4) is 0 Å². The van der Waals surface area contributed by atoms with E-state index in [1.165, 1.54) is 24.8 Å². The lowest BCUT2D eigenvalue weighted by Crippen LogP contribution is -2.12. The molecule has 0 amide bonds. The minimum absolute atomic E-state index is 0.275. The van der Waals surface area contributed by atoms with Gasteiger partial charge in [0.1, 0.15) is 0 Å². The summed E-state index contributed by atoms with van der Waals surface area (Å²) in [4.78, 5) is 0.696. The Morgan fingerprint density at radius 1 is 1.05 bits per heavy atom. The van der Waals surface area contributed by atoms with Crippen LogP contribution in [0, 0.1) is 0 Å². The maximum atomic E-state index is 12.0. The molecule has 0 bridgehead atoms. The molecule has 1 unspecified atom stereocenters. The molecular formula is C18H28O2S. The predicted octanol–water partition coefficient (Wildman–Crippen LogP) is 5.56. The molecule has 0 saturated heterocycles. The fraction of sp³-hybridized carbons (Fsp3) is 0.667. The van der Waals surface area contributed by atoms with Crippen molar-refractivity contribution in [2.24, 2.45) is 0 Å². The van der Waals surface area contributed by atoms with Gasteiger partial charge in [0.25, 0.3) is 0 Å². The summed E-state index contributed by atoms with van der Waals surface area (Å²) in [5.74, 6) is 1.18. The molecule has 21 heavy (non-hydrogen) atoms. The Morgan fingerprint density at radius 3 is 2.14 bits per heavy atom. The van der Waals surface area contributed by atoms with Crippen molar-refractivity contribution in [3.63, 3.8) is 0 Å². The van der Waals surface area contributed by atoms with Crippen LogP contribution in [0.5, 0.6) is 0 Å². The molecule has 1 atom stereocenters. The molecule has 1 aliphatic carbocycles. The van der Waals surface area contributed by atoms with Crippen LogP contribution in [0.3, 0.4) is 0 Å². The molecule has 3 heteroatoms. The largest absolute Gasteiger partial charge is 0.302 e. The fourth-order valence-corrected chi connectivity index (χ4v) is 4.30. The molecule has 1 saturated carbocycles. The van der Waals surface area contributed by atoms with E-state index < -0.39 is 11.1 Å². The average Bonchev–Trinajstić information content (AvgIpc) is 2.46. The first-order valence-electron chi connectivity index (χ1n) is 8.20. The number of hydrogen-bond donors (Lipinski definition) is 1. The number of rotatable bonds is 4. The highest BCUT2D eigenvalue weighted by Gasteiger charge is 2.25. The fourth-order valence-electron chi connectivity index (χ4n) is 3.38. The summed E-state index contributed by atoms with van der Waals surface area (Å²) < 4.78 is 21.8.